The molecule has 1 N–H and O–H groups in total. The summed E-state index contributed by atoms with van der Waals surface area (Å²) in [5.74, 6) is -0.658. The number of aryl methyl sites for hydroxylation is 2. The Kier molecular flexibility index (Phi) is 10.8. The van der Waals surface area contributed by atoms with Crippen LogP contribution >= 0.6 is 15.9 Å². The Morgan fingerprint density at radius 2 is 1.52 bits per heavy atom. The van der Waals surface area contributed by atoms with Gasteiger partial charge in [-0.25, -0.2) is 8.42 Å². The zero-order valence-electron chi connectivity index (χ0n) is 24.6. The van der Waals surface area contributed by atoms with Crippen LogP contribution < -0.4 is 9.62 Å². The number of carbonyl (C=O) groups is 2. The van der Waals surface area contributed by atoms with Gasteiger partial charge in [0.15, 0.2) is 0 Å². The molecule has 4 rings (SSSR count). The van der Waals surface area contributed by atoms with E-state index >= 15 is 0 Å². The molecule has 0 bridgehead atoms. The van der Waals surface area contributed by atoms with Crippen molar-refractivity contribution in [2.45, 2.75) is 71.0 Å². The van der Waals surface area contributed by atoms with Gasteiger partial charge in [0.1, 0.15) is 12.6 Å². The number of rotatable bonds is 11. The van der Waals surface area contributed by atoms with Gasteiger partial charge in [-0.3, -0.25) is 13.9 Å². The Hall–Kier alpha value is -3.17. The summed E-state index contributed by atoms with van der Waals surface area (Å²) in [5, 5.41) is 3.23. The van der Waals surface area contributed by atoms with Gasteiger partial charge in [0, 0.05) is 23.5 Å². The van der Waals surface area contributed by atoms with Crippen molar-refractivity contribution in [3.05, 3.63) is 99.5 Å². The van der Waals surface area contributed by atoms with Crippen molar-refractivity contribution in [2.24, 2.45) is 0 Å². The minimum absolute atomic E-state index is 0.0643. The Morgan fingerprint density at radius 1 is 0.905 bits per heavy atom. The first-order chi connectivity index (χ1) is 20.0. The number of carbonyl (C=O) groups excluding carboxylic acids is 2. The van der Waals surface area contributed by atoms with Crippen LogP contribution in [0.25, 0.3) is 0 Å². The maximum Gasteiger partial charge on any atom is 0.244 e. The molecule has 1 aliphatic carbocycles. The molecule has 0 spiro atoms. The van der Waals surface area contributed by atoms with Crippen LogP contribution in [0.5, 0.6) is 0 Å². The van der Waals surface area contributed by atoms with Crippen molar-refractivity contribution >= 4 is 43.5 Å². The number of sulfonamides is 1. The van der Waals surface area contributed by atoms with Crippen molar-refractivity contribution in [1.82, 2.24) is 10.2 Å². The van der Waals surface area contributed by atoms with E-state index in [0.717, 1.165) is 65.1 Å². The number of para-hydroxylation sites is 1. The fourth-order valence-corrected chi connectivity index (χ4v) is 7.12. The summed E-state index contributed by atoms with van der Waals surface area (Å²) in [5.41, 5.74) is 3.74. The lowest BCUT2D eigenvalue weighted by Gasteiger charge is -2.35. The van der Waals surface area contributed by atoms with Crippen molar-refractivity contribution in [1.29, 1.82) is 0 Å². The maximum atomic E-state index is 14.3. The summed E-state index contributed by atoms with van der Waals surface area (Å²) in [6.07, 6.45) is 6.54. The highest BCUT2D eigenvalue weighted by Gasteiger charge is 2.34. The predicted octanol–water partition coefficient (Wildman–Crippen LogP) is 5.92. The largest absolute Gasteiger partial charge is 0.352 e. The summed E-state index contributed by atoms with van der Waals surface area (Å²) < 4.78 is 28.3. The maximum absolute atomic E-state index is 14.3. The number of nitrogens with one attached hydrogen (secondary N) is 1. The molecule has 1 aliphatic rings. The molecule has 0 unspecified atom stereocenters. The number of halogens is 1. The fourth-order valence-electron chi connectivity index (χ4n) is 5.71. The minimum atomic E-state index is -3.82. The average molecular weight is 655 g/mol. The summed E-state index contributed by atoms with van der Waals surface area (Å²) in [7, 11) is -3.82. The Morgan fingerprint density at radius 3 is 2.14 bits per heavy atom. The molecule has 1 fully saturated rings. The molecule has 2 amide bonds. The van der Waals surface area contributed by atoms with E-state index in [1.54, 1.807) is 4.90 Å². The molecule has 0 aromatic heterocycles. The van der Waals surface area contributed by atoms with E-state index in [1.165, 1.54) is 4.31 Å². The van der Waals surface area contributed by atoms with Gasteiger partial charge < -0.3 is 10.2 Å². The van der Waals surface area contributed by atoms with Crippen molar-refractivity contribution in [2.75, 3.05) is 17.1 Å². The Bertz CT molecular complexity index is 1470. The van der Waals surface area contributed by atoms with Gasteiger partial charge >= 0.3 is 0 Å². The smallest absolute Gasteiger partial charge is 0.244 e. The molecular weight excluding hydrogens is 614 g/mol. The van der Waals surface area contributed by atoms with Crippen LogP contribution in [0.4, 0.5) is 5.69 Å². The third-order valence-corrected chi connectivity index (χ3v) is 9.44. The van der Waals surface area contributed by atoms with E-state index in [9.17, 15) is 18.0 Å². The van der Waals surface area contributed by atoms with E-state index in [-0.39, 0.29) is 18.5 Å². The second-order valence-corrected chi connectivity index (χ2v) is 14.0. The lowest BCUT2D eigenvalue weighted by Crippen LogP contribution is -2.55. The van der Waals surface area contributed by atoms with E-state index in [2.05, 4.69) is 21.2 Å². The van der Waals surface area contributed by atoms with Crippen LogP contribution in [0.3, 0.4) is 0 Å². The molecule has 0 saturated heterocycles. The van der Waals surface area contributed by atoms with E-state index in [0.29, 0.717) is 12.1 Å². The number of hydrogen-bond acceptors (Lipinski definition) is 4. The van der Waals surface area contributed by atoms with Crippen LogP contribution in [0.15, 0.2) is 77.3 Å². The predicted molar refractivity (Wildman–Crippen MR) is 172 cm³/mol. The minimum Gasteiger partial charge on any atom is -0.352 e. The molecule has 3 aromatic rings. The number of benzene rings is 3. The molecule has 1 atom stereocenters. The molecule has 3 aromatic carbocycles. The van der Waals surface area contributed by atoms with Crippen LogP contribution in [0.1, 0.15) is 54.4 Å². The van der Waals surface area contributed by atoms with Crippen LogP contribution in [0, 0.1) is 13.8 Å². The van der Waals surface area contributed by atoms with Crippen LogP contribution in [-0.4, -0.2) is 50.0 Å². The molecule has 0 aliphatic heterocycles. The molecule has 1 saturated carbocycles. The molecule has 0 heterocycles. The summed E-state index contributed by atoms with van der Waals surface area (Å²) in [6, 6.07) is 22.0. The van der Waals surface area contributed by atoms with Gasteiger partial charge in [-0.15, -0.1) is 0 Å². The quantitative estimate of drug-likeness (QED) is 0.278. The second kappa shape index (κ2) is 14.3. The van der Waals surface area contributed by atoms with Crippen LogP contribution in [0.2, 0.25) is 0 Å². The first kappa shape index (κ1) is 31.8. The van der Waals surface area contributed by atoms with Gasteiger partial charge in [0.25, 0.3) is 0 Å². The number of hydrogen-bond donors (Lipinski definition) is 1. The fraction of sp³-hybridized carbons (Fsp3) is 0.394. The first-order valence-electron chi connectivity index (χ1n) is 14.4. The Balaban J connectivity index is 1.75. The van der Waals surface area contributed by atoms with Gasteiger partial charge in [-0.1, -0.05) is 95.9 Å². The SMILES string of the molecule is Cc1cccc(C)c1N(CC(=O)N(Cc1cccc(Br)c1)[C@H](Cc1ccccc1)C(=O)NC1CCCCC1)S(C)(=O)=O. The standard InChI is InChI=1S/C33H40BrN3O4S/c1-24-12-10-13-25(2)32(24)37(42(3,40)41)23-31(38)36(22-27-16-11-17-28(34)20-27)30(21-26-14-6-4-7-15-26)33(39)35-29-18-8-5-9-19-29/h4,6-7,10-17,20,29-30H,5,8-9,18-19,21-23H2,1-3H3,(H,35,39)/t30-/m1/s1. The highest BCUT2D eigenvalue weighted by Crippen LogP contribution is 2.28. The van der Waals surface area contributed by atoms with Crippen molar-refractivity contribution in [3.63, 3.8) is 0 Å². The molecule has 224 valence electrons. The topological polar surface area (TPSA) is 86.8 Å². The third kappa shape index (κ3) is 8.44. The molecular formula is C33H40BrN3O4S. The van der Waals surface area contributed by atoms with Crippen molar-refractivity contribution < 1.29 is 18.0 Å². The highest BCUT2D eigenvalue weighted by molar-refractivity contribution is 9.10. The molecule has 7 nitrogen and oxygen atoms in total. The van der Waals surface area contributed by atoms with Gasteiger partial charge in [0.05, 0.1) is 11.9 Å². The zero-order valence-corrected chi connectivity index (χ0v) is 27.0. The molecule has 42 heavy (non-hydrogen) atoms. The van der Waals surface area contributed by atoms with E-state index in [1.807, 2.05) is 86.6 Å². The number of nitrogens with zero attached hydrogens (tertiary/aromatic N) is 2. The highest BCUT2D eigenvalue weighted by atomic mass is 79.9. The van der Waals surface area contributed by atoms with Crippen LogP contribution in [-0.2, 0) is 32.6 Å². The zero-order chi connectivity index (χ0) is 30.3. The average Bonchev–Trinajstić information content (AvgIpc) is 2.94. The van der Waals surface area contributed by atoms with Gasteiger partial charge in [-0.2, -0.15) is 0 Å². The van der Waals surface area contributed by atoms with Crippen molar-refractivity contribution in [3.8, 4) is 0 Å². The van der Waals surface area contributed by atoms with E-state index < -0.39 is 28.5 Å². The molecule has 0 radical (unpaired) electrons. The third-order valence-electron chi connectivity index (χ3n) is 7.83. The summed E-state index contributed by atoms with van der Waals surface area (Å²) >= 11 is 3.52. The summed E-state index contributed by atoms with van der Waals surface area (Å²) in [4.78, 5) is 29.9. The van der Waals surface area contributed by atoms with E-state index in [4.69, 9.17) is 0 Å². The number of amides is 2. The monoisotopic (exact) mass is 653 g/mol. The lowest BCUT2D eigenvalue weighted by molar-refractivity contribution is -0.140. The summed E-state index contributed by atoms with van der Waals surface area (Å²) in [6.45, 7) is 3.40. The van der Waals surface area contributed by atoms with Gasteiger partial charge in [0.2, 0.25) is 21.8 Å². The van der Waals surface area contributed by atoms with Gasteiger partial charge in [-0.05, 0) is 61.1 Å². The molecule has 9 heteroatoms. The normalized spacial score (nSPS) is 14.7. The first-order valence-corrected chi connectivity index (χ1v) is 17.1. The second-order valence-electron chi connectivity index (χ2n) is 11.2. The lowest BCUT2D eigenvalue weighted by atomic mass is 9.94. The Labute approximate surface area is 258 Å². The number of anilines is 1.